The van der Waals surface area contributed by atoms with Gasteiger partial charge in [-0.15, -0.1) is 0 Å². The maximum atomic E-state index is 11.7. The van der Waals surface area contributed by atoms with E-state index >= 15 is 0 Å². The maximum Gasteiger partial charge on any atom is 0.150 e. The van der Waals surface area contributed by atoms with Crippen LogP contribution in [-0.4, -0.2) is 32.5 Å². The second kappa shape index (κ2) is 6.27. The molecule has 0 aliphatic carbocycles. The first-order valence-corrected chi connectivity index (χ1v) is 9.24. The minimum atomic E-state index is -2.81. The zero-order valence-corrected chi connectivity index (χ0v) is 13.5. The van der Waals surface area contributed by atoms with Gasteiger partial charge in [0.15, 0.2) is 9.84 Å². The minimum Gasteiger partial charge on any atom is -0.314 e. The third-order valence-corrected chi connectivity index (χ3v) is 6.17. The summed E-state index contributed by atoms with van der Waals surface area (Å²) in [6.45, 7) is 7.24. The van der Waals surface area contributed by atoms with E-state index in [9.17, 15) is 8.42 Å². The normalized spacial score (nSPS) is 22.9. The van der Waals surface area contributed by atoms with Gasteiger partial charge in [-0.3, -0.25) is 0 Å². The van der Waals surface area contributed by atoms with E-state index in [2.05, 4.69) is 44.3 Å². The molecule has 1 N–H and O–H groups in total. The van der Waals surface area contributed by atoms with Gasteiger partial charge in [-0.1, -0.05) is 25.1 Å². The molecule has 0 radical (unpaired) electrons. The lowest BCUT2D eigenvalue weighted by molar-refractivity contribution is 0.385. The van der Waals surface area contributed by atoms with Gasteiger partial charge in [0.05, 0.1) is 11.5 Å². The molecule has 20 heavy (non-hydrogen) atoms. The highest BCUT2D eigenvalue weighted by molar-refractivity contribution is 7.91. The molecule has 2 atom stereocenters. The lowest BCUT2D eigenvalue weighted by Crippen LogP contribution is -2.39. The average Bonchev–Trinajstić information content (AvgIpc) is 2.73. The molecule has 1 aliphatic heterocycles. The van der Waals surface area contributed by atoms with E-state index in [4.69, 9.17) is 0 Å². The number of hydrogen-bond acceptors (Lipinski definition) is 3. The van der Waals surface area contributed by atoms with Crippen molar-refractivity contribution in [1.29, 1.82) is 0 Å². The number of likely N-dealkylation sites (N-methyl/N-ethyl adjacent to an activating group) is 1. The van der Waals surface area contributed by atoms with Crippen molar-refractivity contribution in [3.05, 3.63) is 34.9 Å². The molecule has 1 heterocycles. The number of nitrogens with one attached hydrogen (secondary N) is 1. The standard InChI is InChI=1S/C16H25NO2S/c1-4-17-16(14-8-9-20(18,19)11-14)10-15-12(2)6-5-7-13(15)3/h5-7,14,16-17H,4,8-11H2,1-3H3. The summed E-state index contributed by atoms with van der Waals surface area (Å²) in [5, 5.41) is 3.50. The molecule has 3 nitrogen and oxygen atoms in total. The third-order valence-electron chi connectivity index (χ3n) is 4.37. The van der Waals surface area contributed by atoms with E-state index < -0.39 is 9.84 Å². The van der Waals surface area contributed by atoms with Crippen LogP contribution < -0.4 is 5.32 Å². The molecule has 1 aromatic rings. The molecule has 1 saturated heterocycles. The Balaban J connectivity index is 2.18. The van der Waals surface area contributed by atoms with Crippen LogP contribution in [0.4, 0.5) is 0 Å². The summed E-state index contributed by atoms with van der Waals surface area (Å²) >= 11 is 0. The quantitative estimate of drug-likeness (QED) is 0.906. The summed E-state index contributed by atoms with van der Waals surface area (Å²) in [5.74, 6) is 0.945. The first-order chi connectivity index (χ1) is 9.43. The Kier molecular flexibility index (Phi) is 4.86. The van der Waals surface area contributed by atoms with Crippen molar-refractivity contribution in [3.63, 3.8) is 0 Å². The SMILES string of the molecule is CCNC(Cc1c(C)cccc1C)C1CCS(=O)(=O)C1. The van der Waals surface area contributed by atoms with Gasteiger partial charge in [-0.2, -0.15) is 0 Å². The summed E-state index contributed by atoms with van der Waals surface area (Å²) < 4.78 is 23.4. The van der Waals surface area contributed by atoms with Crippen LogP contribution in [0.15, 0.2) is 18.2 Å². The maximum absolute atomic E-state index is 11.7. The lowest BCUT2D eigenvalue weighted by atomic mass is 9.89. The Bertz CT molecular complexity index is 546. The second-order valence-corrected chi connectivity index (χ2v) is 8.13. The smallest absolute Gasteiger partial charge is 0.150 e. The Morgan fingerprint density at radius 2 is 1.95 bits per heavy atom. The molecule has 1 aliphatic rings. The molecular formula is C16H25NO2S. The van der Waals surface area contributed by atoms with E-state index in [-0.39, 0.29) is 12.0 Å². The van der Waals surface area contributed by atoms with E-state index in [0.717, 1.165) is 19.4 Å². The zero-order chi connectivity index (χ0) is 14.8. The van der Waals surface area contributed by atoms with Crippen LogP contribution in [0.25, 0.3) is 0 Å². The van der Waals surface area contributed by atoms with E-state index in [0.29, 0.717) is 11.5 Å². The Morgan fingerprint density at radius 1 is 1.30 bits per heavy atom. The number of aryl methyl sites for hydroxylation is 2. The van der Waals surface area contributed by atoms with Gasteiger partial charge in [0.25, 0.3) is 0 Å². The van der Waals surface area contributed by atoms with Gasteiger partial charge in [-0.05, 0) is 55.8 Å². The van der Waals surface area contributed by atoms with E-state index in [1.165, 1.54) is 16.7 Å². The van der Waals surface area contributed by atoms with Crippen molar-refractivity contribution in [3.8, 4) is 0 Å². The highest BCUT2D eigenvalue weighted by atomic mass is 32.2. The van der Waals surface area contributed by atoms with Crippen LogP contribution in [0, 0.1) is 19.8 Å². The predicted molar refractivity (Wildman–Crippen MR) is 83.8 cm³/mol. The summed E-state index contributed by atoms with van der Waals surface area (Å²) in [5.41, 5.74) is 3.96. The third kappa shape index (κ3) is 3.61. The van der Waals surface area contributed by atoms with Crippen molar-refractivity contribution in [2.75, 3.05) is 18.1 Å². The first-order valence-electron chi connectivity index (χ1n) is 7.42. The van der Waals surface area contributed by atoms with Crippen LogP contribution in [-0.2, 0) is 16.3 Å². The molecule has 4 heteroatoms. The van der Waals surface area contributed by atoms with E-state index in [1.54, 1.807) is 0 Å². The van der Waals surface area contributed by atoms with Gasteiger partial charge in [0.1, 0.15) is 0 Å². The van der Waals surface area contributed by atoms with Crippen LogP contribution in [0.1, 0.15) is 30.0 Å². The van der Waals surface area contributed by atoms with Gasteiger partial charge in [0, 0.05) is 6.04 Å². The van der Waals surface area contributed by atoms with Gasteiger partial charge in [-0.25, -0.2) is 8.42 Å². The molecule has 0 amide bonds. The minimum absolute atomic E-state index is 0.249. The Hall–Kier alpha value is -0.870. The van der Waals surface area contributed by atoms with Gasteiger partial charge >= 0.3 is 0 Å². The molecule has 0 bridgehead atoms. The molecule has 2 unspecified atom stereocenters. The Morgan fingerprint density at radius 3 is 2.45 bits per heavy atom. The van der Waals surface area contributed by atoms with Crippen molar-refractivity contribution >= 4 is 9.84 Å². The topological polar surface area (TPSA) is 46.2 Å². The summed E-state index contributed by atoms with van der Waals surface area (Å²) in [7, 11) is -2.81. The first kappa shape index (κ1) is 15.5. The van der Waals surface area contributed by atoms with Crippen molar-refractivity contribution in [2.24, 2.45) is 5.92 Å². The van der Waals surface area contributed by atoms with Crippen molar-refractivity contribution in [2.45, 2.75) is 39.7 Å². The number of hydrogen-bond donors (Lipinski definition) is 1. The largest absolute Gasteiger partial charge is 0.314 e. The molecular weight excluding hydrogens is 270 g/mol. The summed E-state index contributed by atoms with van der Waals surface area (Å²) in [4.78, 5) is 0. The fourth-order valence-electron chi connectivity index (χ4n) is 3.20. The Labute approximate surface area is 122 Å². The number of rotatable bonds is 5. The molecule has 0 saturated carbocycles. The highest BCUT2D eigenvalue weighted by Crippen LogP contribution is 2.26. The molecule has 0 spiro atoms. The highest BCUT2D eigenvalue weighted by Gasteiger charge is 2.33. The second-order valence-electron chi connectivity index (χ2n) is 5.90. The molecule has 0 aromatic heterocycles. The van der Waals surface area contributed by atoms with E-state index in [1.807, 2.05) is 0 Å². The van der Waals surface area contributed by atoms with Crippen LogP contribution in [0.3, 0.4) is 0 Å². The summed E-state index contributed by atoms with van der Waals surface area (Å²) in [6.07, 6.45) is 1.72. The predicted octanol–water partition coefficient (Wildman–Crippen LogP) is 2.26. The van der Waals surface area contributed by atoms with Crippen molar-refractivity contribution in [1.82, 2.24) is 5.32 Å². The molecule has 2 rings (SSSR count). The average molecular weight is 295 g/mol. The van der Waals surface area contributed by atoms with Gasteiger partial charge < -0.3 is 5.32 Å². The zero-order valence-electron chi connectivity index (χ0n) is 12.6. The van der Waals surface area contributed by atoms with Gasteiger partial charge in [0.2, 0.25) is 0 Å². The summed E-state index contributed by atoms with van der Waals surface area (Å²) in [6, 6.07) is 6.61. The fraction of sp³-hybridized carbons (Fsp3) is 0.625. The lowest BCUT2D eigenvalue weighted by Gasteiger charge is -2.25. The van der Waals surface area contributed by atoms with Crippen LogP contribution >= 0.6 is 0 Å². The number of benzene rings is 1. The molecule has 112 valence electrons. The van der Waals surface area contributed by atoms with Crippen LogP contribution in [0.2, 0.25) is 0 Å². The molecule has 1 aromatic carbocycles. The number of sulfone groups is 1. The fourth-order valence-corrected chi connectivity index (χ4v) is 5.08. The van der Waals surface area contributed by atoms with Crippen LogP contribution in [0.5, 0.6) is 0 Å². The monoisotopic (exact) mass is 295 g/mol. The molecule has 1 fully saturated rings. The van der Waals surface area contributed by atoms with Crippen molar-refractivity contribution < 1.29 is 8.42 Å².